The van der Waals surface area contributed by atoms with E-state index in [1.54, 1.807) is 31.0 Å². The molecular weight excluding hydrogens is 290 g/mol. The van der Waals surface area contributed by atoms with Gasteiger partial charge in [-0.2, -0.15) is 0 Å². The molecule has 0 aliphatic heterocycles. The number of rotatable bonds is 5. The molecule has 2 rings (SSSR count). The minimum absolute atomic E-state index is 0.102. The summed E-state index contributed by atoms with van der Waals surface area (Å²) in [5.74, 6) is -0.481. The van der Waals surface area contributed by atoms with E-state index in [4.69, 9.17) is 9.52 Å². The second-order valence-corrected chi connectivity index (χ2v) is 5.52. The Morgan fingerprint density at radius 3 is 2.86 bits per heavy atom. The molecule has 0 aliphatic rings. The predicted octanol–water partition coefficient (Wildman–Crippen LogP) is 3.02. The number of hydrogen-bond acceptors (Lipinski definition) is 4. The van der Waals surface area contributed by atoms with E-state index in [9.17, 15) is 9.59 Å². The number of carboxylic acid groups (broad SMARTS) is 1. The molecule has 0 saturated carbocycles. The number of carbonyl (C=O) groups is 2. The van der Waals surface area contributed by atoms with Crippen molar-refractivity contribution >= 4 is 29.3 Å². The van der Waals surface area contributed by atoms with Crippen LogP contribution in [0.5, 0.6) is 0 Å². The predicted molar refractivity (Wildman–Crippen MR) is 80.2 cm³/mol. The number of amides is 1. The molecule has 110 valence electrons. The minimum atomic E-state index is -0.979. The average Bonchev–Trinajstić information content (AvgIpc) is 3.04. The van der Waals surface area contributed by atoms with Gasteiger partial charge in [-0.3, -0.25) is 4.79 Å². The van der Waals surface area contributed by atoms with Gasteiger partial charge in [-0.15, -0.1) is 11.3 Å². The third-order valence-corrected chi connectivity index (χ3v) is 3.87. The number of carboxylic acids is 1. The molecule has 0 aromatic carbocycles. The van der Waals surface area contributed by atoms with Crippen molar-refractivity contribution in [2.24, 2.45) is 0 Å². The lowest BCUT2D eigenvalue weighted by Crippen LogP contribution is -2.26. The molecule has 0 radical (unpaired) electrons. The summed E-state index contributed by atoms with van der Waals surface area (Å²) < 4.78 is 5.13. The van der Waals surface area contributed by atoms with Crippen molar-refractivity contribution in [2.45, 2.75) is 13.5 Å². The lowest BCUT2D eigenvalue weighted by Gasteiger charge is -2.15. The van der Waals surface area contributed by atoms with Crippen LogP contribution in [0, 0.1) is 6.92 Å². The largest absolute Gasteiger partial charge is 0.478 e. The van der Waals surface area contributed by atoms with Gasteiger partial charge in [-0.25, -0.2) is 4.79 Å². The molecule has 21 heavy (non-hydrogen) atoms. The van der Waals surface area contributed by atoms with Gasteiger partial charge in [-0.1, -0.05) is 0 Å². The van der Waals surface area contributed by atoms with Crippen LogP contribution in [0.2, 0.25) is 0 Å². The first-order valence-corrected chi connectivity index (χ1v) is 7.13. The van der Waals surface area contributed by atoms with E-state index in [1.165, 1.54) is 17.6 Å². The van der Waals surface area contributed by atoms with Crippen LogP contribution in [0.4, 0.5) is 0 Å². The number of carbonyl (C=O) groups excluding carboxylic acids is 1. The van der Waals surface area contributed by atoms with E-state index in [1.807, 2.05) is 11.4 Å². The van der Waals surface area contributed by atoms with Gasteiger partial charge in [0.05, 0.1) is 11.8 Å². The molecule has 1 N–H and O–H groups in total. The second-order valence-electron chi connectivity index (χ2n) is 4.58. The van der Waals surface area contributed by atoms with Gasteiger partial charge in [0.1, 0.15) is 5.76 Å². The number of aliphatic carboxylic acids is 1. The summed E-state index contributed by atoms with van der Waals surface area (Å²) in [4.78, 5) is 25.1. The quantitative estimate of drug-likeness (QED) is 0.862. The average molecular weight is 305 g/mol. The molecule has 0 aliphatic carbocycles. The number of furan rings is 1. The van der Waals surface area contributed by atoms with Gasteiger partial charge in [0.2, 0.25) is 0 Å². The van der Waals surface area contributed by atoms with Gasteiger partial charge in [0.25, 0.3) is 5.91 Å². The molecule has 0 bridgehead atoms. The van der Waals surface area contributed by atoms with Gasteiger partial charge in [-0.05, 0) is 36.1 Å². The third-order valence-electron chi connectivity index (χ3n) is 2.92. The molecule has 2 aromatic rings. The van der Waals surface area contributed by atoms with Crippen LogP contribution in [-0.4, -0.2) is 28.9 Å². The Hall–Kier alpha value is -2.34. The highest BCUT2D eigenvalue weighted by atomic mass is 32.1. The Bertz CT molecular complexity index is 683. The smallest absolute Gasteiger partial charge is 0.328 e. The summed E-state index contributed by atoms with van der Waals surface area (Å²) in [6, 6.07) is 3.53. The van der Waals surface area contributed by atoms with E-state index in [-0.39, 0.29) is 5.91 Å². The van der Waals surface area contributed by atoms with Crippen LogP contribution >= 0.6 is 11.3 Å². The summed E-state index contributed by atoms with van der Waals surface area (Å²) in [5, 5.41) is 10.5. The van der Waals surface area contributed by atoms with Gasteiger partial charge in [0.15, 0.2) is 0 Å². The first-order chi connectivity index (χ1) is 9.97. The Balaban J connectivity index is 2.03. The number of nitrogens with zero attached hydrogens (tertiary/aromatic N) is 1. The Labute approximate surface area is 126 Å². The standard InChI is InChI=1S/C15H15NO4S/c1-10-13(5-6-20-10)15(19)16(2)8-11-7-12(21-9-11)3-4-14(17)18/h3-7,9H,8H2,1-2H3,(H,17,18). The summed E-state index contributed by atoms with van der Waals surface area (Å²) in [5.41, 5.74) is 1.51. The van der Waals surface area contributed by atoms with Crippen molar-refractivity contribution in [1.82, 2.24) is 4.90 Å². The summed E-state index contributed by atoms with van der Waals surface area (Å²) in [7, 11) is 1.72. The lowest BCUT2D eigenvalue weighted by molar-refractivity contribution is -0.131. The zero-order valence-corrected chi connectivity index (χ0v) is 12.5. The third kappa shape index (κ3) is 3.82. The highest BCUT2D eigenvalue weighted by molar-refractivity contribution is 7.11. The van der Waals surface area contributed by atoms with Crippen LogP contribution < -0.4 is 0 Å². The van der Waals surface area contributed by atoms with Crippen LogP contribution in [0.3, 0.4) is 0 Å². The fourth-order valence-electron chi connectivity index (χ4n) is 1.88. The van der Waals surface area contributed by atoms with Crippen molar-refractivity contribution in [1.29, 1.82) is 0 Å². The van der Waals surface area contributed by atoms with Crippen molar-refractivity contribution in [3.8, 4) is 0 Å². The highest BCUT2D eigenvalue weighted by Crippen LogP contribution is 2.19. The van der Waals surface area contributed by atoms with E-state index < -0.39 is 5.97 Å². The van der Waals surface area contributed by atoms with Crippen LogP contribution in [0.15, 0.2) is 34.3 Å². The molecule has 5 nitrogen and oxygen atoms in total. The maximum absolute atomic E-state index is 12.2. The van der Waals surface area contributed by atoms with Crippen molar-refractivity contribution in [3.63, 3.8) is 0 Å². The number of thiophene rings is 1. The van der Waals surface area contributed by atoms with E-state index in [0.717, 1.165) is 16.5 Å². The second kappa shape index (κ2) is 6.41. The number of hydrogen-bond donors (Lipinski definition) is 1. The van der Waals surface area contributed by atoms with E-state index in [0.29, 0.717) is 17.9 Å². The normalized spacial score (nSPS) is 11.0. The first-order valence-electron chi connectivity index (χ1n) is 6.25. The van der Waals surface area contributed by atoms with Crippen molar-refractivity contribution in [3.05, 3.63) is 51.6 Å². The highest BCUT2D eigenvalue weighted by Gasteiger charge is 2.16. The van der Waals surface area contributed by atoms with Crippen LogP contribution in [-0.2, 0) is 11.3 Å². The van der Waals surface area contributed by atoms with Gasteiger partial charge >= 0.3 is 5.97 Å². The fraction of sp³-hybridized carbons (Fsp3) is 0.200. The molecule has 0 saturated heterocycles. The van der Waals surface area contributed by atoms with Crippen molar-refractivity contribution in [2.75, 3.05) is 7.05 Å². The molecular formula is C15H15NO4S. The Morgan fingerprint density at radius 1 is 1.48 bits per heavy atom. The summed E-state index contributed by atoms with van der Waals surface area (Å²) >= 11 is 1.44. The minimum Gasteiger partial charge on any atom is -0.478 e. The molecule has 2 aromatic heterocycles. The monoisotopic (exact) mass is 305 g/mol. The fourth-order valence-corrected chi connectivity index (χ4v) is 2.67. The molecule has 0 atom stereocenters. The van der Waals surface area contributed by atoms with E-state index in [2.05, 4.69) is 0 Å². The van der Waals surface area contributed by atoms with Gasteiger partial charge < -0.3 is 14.4 Å². The molecule has 1 amide bonds. The summed E-state index contributed by atoms with van der Waals surface area (Å²) in [6.07, 6.45) is 4.13. The molecule has 6 heteroatoms. The maximum atomic E-state index is 12.2. The maximum Gasteiger partial charge on any atom is 0.328 e. The topological polar surface area (TPSA) is 70.8 Å². The number of aryl methyl sites for hydroxylation is 1. The zero-order chi connectivity index (χ0) is 15.4. The molecule has 0 spiro atoms. The van der Waals surface area contributed by atoms with Crippen LogP contribution in [0.1, 0.15) is 26.6 Å². The Kier molecular flexibility index (Phi) is 4.59. The summed E-state index contributed by atoms with van der Waals surface area (Å²) in [6.45, 7) is 2.21. The van der Waals surface area contributed by atoms with Crippen LogP contribution in [0.25, 0.3) is 6.08 Å². The molecule has 0 unspecified atom stereocenters. The molecule has 0 fully saturated rings. The lowest BCUT2D eigenvalue weighted by atomic mass is 10.2. The first kappa shape index (κ1) is 15.1. The molecule has 2 heterocycles. The van der Waals surface area contributed by atoms with E-state index >= 15 is 0 Å². The SMILES string of the molecule is Cc1occc1C(=O)N(C)Cc1csc(C=CC(=O)O)c1. The van der Waals surface area contributed by atoms with Gasteiger partial charge in [0, 0.05) is 24.5 Å². The Morgan fingerprint density at radius 2 is 2.24 bits per heavy atom. The zero-order valence-electron chi connectivity index (χ0n) is 11.7. The van der Waals surface area contributed by atoms with Crippen molar-refractivity contribution < 1.29 is 19.1 Å².